The van der Waals surface area contributed by atoms with Crippen LogP contribution in [0.4, 0.5) is 10.5 Å². The van der Waals surface area contributed by atoms with E-state index in [1.54, 1.807) is 0 Å². The number of guanidine groups is 1. The maximum absolute atomic E-state index is 12.0. The molecule has 11 nitrogen and oxygen atoms in total. The zero-order valence-corrected chi connectivity index (χ0v) is 21.3. The Morgan fingerprint density at radius 1 is 1.35 bits per heavy atom. The van der Waals surface area contributed by atoms with Gasteiger partial charge in [0.05, 0.1) is 18.0 Å². The van der Waals surface area contributed by atoms with Crippen molar-refractivity contribution in [3.63, 3.8) is 0 Å². The van der Waals surface area contributed by atoms with Crippen LogP contribution in [0.25, 0.3) is 0 Å². The highest BCUT2D eigenvalue weighted by Gasteiger charge is 2.18. The first-order valence-electron chi connectivity index (χ1n) is 10.3. The Kier molecular flexibility index (Phi) is 13.8. The number of carbonyl (C=O) groups is 1. The van der Waals surface area contributed by atoms with Gasteiger partial charge in [0.2, 0.25) is 0 Å². The Morgan fingerprint density at radius 3 is 2.61 bits per heavy atom. The summed E-state index contributed by atoms with van der Waals surface area (Å²) in [6, 6.07) is -0.0129. The van der Waals surface area contributed by atoms with E-state index in [4.69, 9.17) is 4.74 Å². The summed E-state index contributed by atoms with van der Waals surface area (Å²) in [4.78, 5) is 26.7. The molecule has 0 aliphatic carbocycles. The van der Waals surface area contributed by atoms with E-state index >= 15 is 0 Å². The van der Waals surface area contributed by atoms with Gasteiger partial charge < -0.3 is 20.7 Å². The lowest BCUT2D eigenvalue weighted by molar-refractivity contribution is -0.385. The molecule has 31 heavy (non-hydrogen) atoms. The van der Waals surface area contributed by atoms with Gasteiger partial charge in [-0.25, -0.2) is 4.79 Å². The van der Waals surface area contributed by atoms with Gasteiger partial charge in [-0.05, 0) is 34.1 Å². The van der Waals surface area contributed by atoms with Crippen molar-refractivity contribution >= 4 is 41.7 Å². The normalized spacial score (nSPS) is 12.5. The summed E-state index contributed by atoms with van der Waals surface area (Å²) in [6.45, 7) is 11.4. The molecule has 0 saturated carbocycles. The minimum Gasteiger partial charge on any atom is -0.444 e. The lowest BCUT2D eigenvalue weighted by Gasteiger charge is -2.24. The number of hydrogen-bond acceptors (Lipinski definition) is 6. The van der Waals surface area contributed by atoms with Crippen LogP contribution in [0, 0.1) is 10.1 Å². The molecule has 0 saturated heterocycles. The van der Waals surface area contributed by atoms with Gasteiger partial charge in [0.25, 0.3) is 0 Å². The molecule has 0 radical (unpaired) electrons. The van der Waals surface area contributed by atoms with Gasteiger partial charge in [-0.15, -0.1) is 24.0 Å². The molecule has 12 heteroatoms. The van der Waals surface area contributed by atoms with Gasteiger partial charge >= 0.3 is 11.8 Å². The van der Waals surface area contributed by atoms with Gasteiger partial charge in [0, 0.05) is 19.1 Å². The largest absolute Gasteiger partial charge is 0.444 e. The van der Waals surface area contributed by atoms with Crippen molar-refractivity contribution in [2.75, 3.05) is 19.6 Å². The number of ether oxygens (including phenoxy) is 1. The van der Waals surface area contributed by atoms with E-state index in [0.29, 0.717) is 32.1 Å². The molecule has 1 aromatic rings. The number of rotatable bonds is 11. The van der Waals surface area contributed by atoms with E-state index in [1.165, 1.54) is 17.1 Å². The minimum atomic E-state index is -0.547. The predicted molar refractivity (Wildman–Crippen MR) is 131 cm³/mol. The molecule has 1 unspecified atom stereocenters. The fourth-order valence-corrected chi connectivity index (χ4v) is 2.54. The molecule has 0 fully saturated rings. The Balaban J connectivity index is 0.00000900. The Morgan fingerprint density at radius 2 is 2.06 bits per heavy atom. The van der Waals surface area contributed by atoms with Crippen LogP contribution >= 0.6 is 24.0 Å². The number of nitrogens with one attached hydrogen (secondary N) is 3. The summed E-state index contributed by atoms with van der Waals surface area (Å²) in [6.07, 6.45) is 5.05. The zero-order valence-electron chi connectivity index (χ0n) is 19.0. The number of aromatic nitrogens is 2. The Labute approximate surface area is 200 Å². The molecule has 0 spiro atoms. The summed E-state index contributed by atoms with van der Waals surface area (Å²) in [5.74, 6) is 0.617. The van der Waals surface area contributed by atoms with Crippen LogP contribution in [-0.2, 0) is 11.3 Å². The zero-order chi connectivity index (χ0) is 22.6. The van der Waals surface area contributed by atoms with E-state index < -0.39 is 16.6 Å². The second-order valence-corrected chi connectivity index (χ2v) is 7.85. The summed E-state index contributed by atoms with van der Waals surface area (Å²) in [5.41, 5.74) is -0.592. The van der Waals surface area contributed by atoms with Crippen LogP contribution in [-0.4, -0.2) is 58.0 Å². The number of nitro groups is 1. The summed E-state index contributed by atoms with van der Waals surface area (Å²) < 4.78 is 6.79. The average molecular weight is 553 g/mol. The van der Waals surface area contributed by atoms with Crippen molar-refractivity contribution in [1.29, 1.82) is 0 Å². The molecule has 0 aliphatic heterocycles. The number of unbranched alkanes of at least 4 members (excludes halogenated alkanes) is 1. The molecule has 1 amide bonds. The van der Waals surface area contributed by atoms with Crippen molar-refractivity contribution in [3.05, 3.63) is 22.5 Å². The molecule has 0 bridgehead atoms. The number of alkyl carbamates (subject to hydrolysis) is 1. The molecule has 178 valence electrons. The van der Waals surface area contributed by atoms with Crippen molar-refractivity contribution in [3.8, 4) is 0 Å². The van der Waals surface area contributed by atoms with Gasteiger partial charge in [0.15, 0.2) is 5.96 Å². The molecule has 3 N–H and O–H groups in total. The quantitative estimate of drug-likeness (QED) is 0.126. The topological polar surface area (TPSA) is 136 Å². The van der Waals surface area contributed by atoms with Crippen LogP contribution in [0.3, 0.4) is 0 Å². The highest BCUT2D eigenvalue weighted by molar-refractivity contribution is 14.0. The van der Waals surface area contributed by atoms with E-state index in [-0.39, 0.29) is 35.7 Å². The lowest BCUT2D eigenvalue weighted by atomic mass is 10.1. The Hall–Kier alpha value is -2.12. The van der Waals surface area contributed by atoms with Crippen LogP contribution in [0.15, 0.2) is 17.4 Å². The average Bonchev–Trinajstić information content (AvgIpc) is 3.11. The highest BCUT2D eigenvalue weighted by atomic mass is 127. The second kappa shape index (κ2) is 14.8. The maximum Gasteiger partial charge on any atom is 0.407 e. The van der Waals surface area contributed by atoms with Crippen molar-refractivity contribution in [1.82, 2.24) is 25.7 Å². The molecule has 0 aromatic carbocycles. The smallest absolute Gasteiger partial charge is 0.407 e. The van der Waals surface area contributed by atoms with Crippen LogP contribution in [0.5, 0.6) is 0 Å². The standard InChI is InChI=1S/C19H35N7O4.HI/c1-6-8-9-15(12-22-18(27)30-19(3,4)5)24-17(20-7-2)21-10-11-25-14-16(13-23-25)26(28)29;/h13-15H,6-12H2,1-5H3,(H,22,27)(H2,20,21,24);1H. The fraction of sp³-hybridized carbons (Fsp3) is 0.737. The Bertz CT molecular complexity index is 704. The van der Waals surface area contributed by atoms with E-state index in [9.17, 15) is 14.9 Å². The highest BCUT2D eigenvalue weighted by Crippen LogP contribution is 2.08. The lowest BCUT2D eigenvalue weighted by Crippen LogP contribution is -2.49. The minimum absolute atomic E-state index is 0. The van der Waals surface area contributed by atoms with Crippen LogP contribution in [0.2, 0.25) is 0 Å². The van der Waals surface area contributed by atoms with Crippen molar-refractivity contribution in [2.45, 2.75) is 72.1 Å². The maximum atomic E-state index is 12.0. The first-order valence-corrected chi connectivity index (χ1v) is 10.3. The number of hydrogen-bond donors (Lipinski definition) is 3. The SMILES string of the molecule is CCCCC(CNC(=O)OC(C)(C)C)NC(=NCCn1cc([N+](=O)[O-])cn1)NCC.I. The van der Waals surface area contributed by atoms with Crippen molar-refractivity contribution < 1.29 is 14.5 Å². The third kappa shape index (κ3) is 13.0. The van der Waals surface area contributed by atoms with Gasteiger partial charge in [-0.1, -0.05) is 19.8 Å². The molecule has 1 heterocycles. The summed E-state index contributed by atoms with van der Waals surface area (Å²) in [7, 11) is 0. The van der Waals surface area contributed by atoms with E-state index in [1.807, 2.05) is 27.7 Å². The number of halogens is 1. The first-order chi connectivity index (χ1) is 14.1. The number of aliphatic imine (C=N–C) groups is 1. The molecule has 0 aliphatic rings. The molecular formula is C19H36IN7O4. The van der Waals surface area contributed by atoms with Gasteiger partial charge in [0.1, 0.15) is 18.0 Å². The third-order valence-corrected chi connectivity index (χ3v) is 3.91. The predicted octanol–water partition coefficient (Wildman–Crippen LogP) is 3.05. The second-order valence-electron chi connectivity index (χ2n) is 7.85. The molecule has 1 aromatic heterocycles. The summed E-state index contributed by atoms with van der Waals surface area (Å²) >= 11 is 0. The van der Waals surface area contributed by atoms with E-state index in [2.05, 4.69) is 33.0 Å². The van der Waals surface area contributed by atoms with Gasteiger partial charge in [-0.3, -0.25) is 19.8 Å². The number of carbonyl (C=O) groups excluding carboxylic acids is 1. The fourth-order valence-electron chi connectivity index (χ4n) is 2.54. The molecule has 1 rings (SSSR count). The van der Waals surface area contributed by atoms with E-state index in [0.717, 1.165) is 19.3 Å². The summed E-state index contributed by atoms with van der Waals surface area (Å²) in [5, 5.41) is 24.0. The van der Waals surface area contributed by atoms with Gasteiger partial charge in [-0.2, -0.15) is 5.10 Å². The van der Waals surface area contributed by atoms with Crippen LogP contribution in [0.1, 0.15) is 53.9 Å². The first kappa shape index (κ1) is 28.9. The molecule has 1 atom stereocenters. The number of amides is 1. The molecular weight excluding hydrogens is 517 g/mol. The van der Waals surface area contributed by atoms with Crippen molar-refractivity contribution in [2.24, 2.45) is 4.99 Å². The number of nitrogens with zero attached hydrogens (tertiary/aromatic N) is 4. The third-order valence-electron chi connectivity index (χ3n) is 3.91. The monoisotopic (exact) mass is 553 g/mol. The van der Waals surface area contributed by atoms with Crippen LogP contribution < -0.4 is 16.0 Å².